The quantitative estimate of drug-likeness (QED) is 0.780. The number of thiazole rings is 1. The molecule has 2 heterocycles. The summed E-state index contributed by atoms with van der Waals surface area (Å²) in [5, 5.41) is 10.00. The lowest BCUT2D eigenvalue weighted by molar-refractivity contribution is 0.0950. The third kappa shape index (κ3) is 3.65. The molecule has 1 amide bonds. The van der Waals surface area contributed by atoms with E-state index >= 15 is 0 Å². The highest BCUT2D eigenvalue weighted by Crippen LogP contribution is 2.23. The van der Waals surface area contributed by atoms with E-state index < -0.39 is 0 Å². The molecular formula is C17H18N4OS. The molecule has 2 aromatic heterocycles. The second kappa shape index (κ2) is 6.75. The van der Waals surface area contributed by atoms with Crippen molar-refractivity contribution in [2.45, 2.75) is 26.4 Å². The number of nitrogens with one attached hydrogen (secondary N) is 1. The molecule has 3 aromatic rings. The highest BCUT2D eigenvalue weighted by Gasteiger charge is 2.11. The number of hydrogen-bond acceptors (Lipinski definition) is 4. The molecule has 0 spiro atoms. The number of rotatable bonds is 5. The van der Waals surface area contributed by atoms with E-state index in [1.54, 1.807) is 28.4 Å². The number of nitrogens with zero attached hydrogens (tertiary/aromatic N) is 3. The van der Waals surface area contributed by atoms with Gasteiger partial charge in [-0.1, -0.05) is 30.3 Å². The highest BCUT2D eigenvalue weighted by molar-refractivity contribution is 7.13. The van der Waals surface area contributed by atoms with Crippen LogP contribution in [0.5, 0.6) is 0 Å². The first-order chi connectivity index (χ1) is 11.1. The van der Waals surface area contributed by atoms with Crippen molar-refractivity contribution in [3.63, 3.8) is 0 Å². The van der Waals surface area contributed by atoms with Crippen molar-refractivity contribution in [1.29, 1.82) is 0 Å². The number of carbonyl (C=O) groups excluding carboxylic acids is 1. The van der Waals surface area contributed by atoms with E-state index in [4.69, 9.17) is 0 Å². The zero-order valence-corrected chi connectivity index (χ0v) is 13.9. The van der Waals surface area contributed by atoms with Gasteiger partial charge in [0.15, 0.2) is 0 Å². The van der Waals surface area contributed by atoms with Crippen LogP contribution in [0.2, 0.25) is 0 Å². The minimum atomic E-state index is -0.133. The summed E-state index contributed by atoms with van der Waals surface area (Å²) >= 11 is 1.58. The fourth-order valence-corrected chi connectivity index (χ4v) is 2.94. The van der Waals surface area contributed by atoms with Crippen LogP contribution in [0.15, 0.2) is 48.1 Å². The average Bonchev–Trinajstić information content (AvgIpc) is 3.23. The van der Waals surface area contributed by atoms with E-state index in [0.717, 1.165) is 16.3 Å². The van der Waals surface area contributed by atoms with Gasteiger partial charge in [0.2, 0.25) is 0 Å². The summed E-state index contributed by atoms with van der Waals surface area (Å²) in [6.07, 6.45) is 3.35. The van der Waals surface area contributed by atoms with Gasteiger partial charge < -0.3 is 5.32 Å². The fraction of sp³-hybridized carbons (Fsp3) is 0.235. The molecule has 1 aromatic carbocycles. The lowest BCUT2D eigenvalue weighted by atomic mass is 10.2. The summed E-state index contributed by atoms with van der Waals surface area (Å²) in [5.74, 6) is -0.133. The third-order valence-electron chi connectivity index (χ3n) is 3.40. The molecule has 0 saturated carbocycles. The standard InChI is InChI=1S/C17H18N4OS/c1-12(2)21-10-14(8-19-21)16(22)18-9-15-11-23-17(20-15)13-6-4-3-5-7-13/h3-8,10-12H,9H2,1-2H3,(H,18,22). The Morgan fingerprint density at radius 3 is 2.78 bits per heavy atom. The second-order valence-corrected chi connectivity index (χ2v) is 6.35. The maximum absolute atomic E-state index is 12.1. The maximum Gasteiger partial charge on any atom is 0.254 e. The molecule has 6 heteroatoms. The van der Waals surface area contributed by atoms with Crippen molar-refractivity contribution in [2.24, 2.45) is 0 Å². The molecule has 5 nitrogen and oxygen atoms in total. The topological polar surface area (TPSA) is 59.8 Å². The smallest absolute Gasteiger partial charge is 0.254 e. The molecule has 23 heavy (non-hydrogen) atoms. The summed E-state index contributed by atoms with van der Waals surface area (Å²) in [6, 6.07) is 10.3. The van der Waals surface area contributed by atoms with Gasteiger partial charge in [0, 0.05) is 23.2 Å². The Kier molecular flexibility index (Phi) is 4.52. The third-order valence-corrected chi connectivity index (χ3v) is 4.34. The lowest BCUT2D eigenvalue weighted by Gasteiger charge is -2.03. The van der Waals surface area contributed by atoms with Crippen LogP contribution < -0.4 is 5.32 Å². The first-order valence-electron chi connectivity index (χ1n) is 7.45. The molecule has 0 fully saturated rings. The molecule has 0 aliphatic rings. The van der Waals surface area contributed by atoms with Crippen LogP contribution in [0.3, 0.4) is 0 Å². The number of amides is 1. The van der Waals surface area contributed by atoms with Crippen LogP contribution in [0.1, 0.15) is 35.9 Å². The molecule has 3 rings (SSSR count). The number of benzene rings is 1. The predicted octanol–water partition coefficient (Wildman–Crippen LogP) is 3.52. The molecule has 0 unspecified atom stereocenters. The van der Waals surface area contributed by atoms with Crippen molar-refractivity contribution in [1.82, 2.24) is 20.1 Å². The van der Waals surface area contributed by atoms with Gasteiger partial charge in [0.25, 0.3) is 5.91 Å². The molecule has 118 valence electrons. The Hall–Kier alpha value is -2.47. The van der Waals surface area contributed by atoms with E-state index in [2.05, 4.69) is 15.4 Å². The SMILES string of the molecule is CC(C)n1cc(C(=O)NCc2csc(-c3ccccc3)n2)cn1. The average molecular weight is 326 g/mol. The summed E-state index contributed by atoms with van der Waals surface area (Å²) < 4.78 is 1.77. The van der Waals surface area contributed by atoms with Crippen molar-refractivity contribution in [3.8, 4) is 10.6 Å². The van der Waals surface area contributed by atoms with Gasteiger partial charge in [0.1, 0.15) is 5.01 Å². The van der Waals surface area contributed by atoms with Gasteiger partial charge in [-0.2, -0.15) is 5.10 Å². The molecule has 0 aliphatic heterocycles. The zero-order valence-electron chi connectivity index (χ0n) is 13.1. The summed E-state index contributed by atoms with van der Waals surface area (Å²) in [4.78, 5) is 16.7. The van der Waals surface area contributed by atoms with Crippen LogP contribution >= 0.6 is 11.3 Å². The van der Waals surface area contributed by atoms with Crippen LogP contribution in [0.4, 0.5) is 0 Å². The van der Waals surface area contributed by atoms with Crippen molar-refractivity contribution >= 4 is 17.2 Å². The number of aromatic nitrogens is 3. The summed E-state index contributed by atoms with van der Waals surface area (Å²) in [6.45, 7) is 4.46. The summed E-state index contributed by atoms with van der Waals surface area (Å²) in [5.41, 5.74) is 2.52. The van der Waals surface area contributed by atoms with Crippen molar-refractivity contribution in [3.05, 3.63) is 59.4 Å². The van der Waals surface area contributed by atoms with Crippen molar-refractivity contribution in [2.75, 3.05) is 0 Å². The fourth-order valence-electron chi connectivity index (χ4n) is 2.11. The van der Waals surface area contributed by atoms with E-state index in [1.165, 1.54) is 0 Å². The van der Waals surface area contributed by atoms with Crippen LogP contribution in [-0.2, 0) is 6.54 Å². The lowest BCUT2D eigenvalue weighted by Crippen LogP contribution is -2.22. The van der Waals surface area contributed by atoms with Gasteiger partial charge in [-0.05, 0) is 13.8 Å². The molecule has 1 N–H and O–H groups in total. The minimum absolute atomic E-state index is 0.133. The highest BCUT2D eigenvalue weighted by atomic mass is 32.1. The normalized spacial score (nSPS) is 10.9. The van der Waals surface area contributed by atoms with Gasteiger partial charge >= 0.3 is 0 Å². The van der Waals surface area contributed by atoms with Crippen LogP contribution in [0.25, 0.3) is 10.6 Å². The van der Waals surface area contributed by atoms with Gasteiger partial charge in [0.05, 0.1) is 24.0 Å². The van der Waals surface area contributed by atoms with E-state index in [1.807, 2.05) is 49.6 Å². The molecule has 0 radical (unpaired) electrons. The van der Waals surface area contributed by atoms with Crippen LogP contribution in [0, 0.1) is 0 Å². The van der Waals surface area contributed by atoms with E-state index in [9.17, 15) is 4.79 Å². The monoisotopic (exact) mass is 326 g/mol. The molecular weight excluding hydrogens is 308 g/mol. The molecule has 0 bridgehead atoms. The Bertz CT molecular complexity index is 792. The zero-order chi connectivity index (χ0) is 16.2. The Morgan fingerprint density at radius 1 is 1.30 bits per heavy atom. The molecule has 0 saturated heterocycles. The molecule has 0 atom stereocenters. The Morgan fingerprint density at radius 2 is 2.09 bits per heavy atom. The predicted molar refractivity (Wildman–Crippen MR) is 91.3 cm³/mol. The van der Waals surface area contributed by atoms with E-state index in [0.29, 0.717) is 12.1 Å². The van der Waals surface area contributed by atoms with Crippen LogP contribution in [-0.4, -0.2) is 20.7 Å². The van der Waals surface area contributed by atoms with Crippen molar-refractivity contribution < 1.29 is 4.79 Å². The largest absolute Gasteiger partial charge is 0.346 e. The van der Waals surface area contributed by atoms with E-state index in [-0.39, 0.29) is 11.9 Å². The van der Waals surface area contributed by atoms with Gasteiger partial charge in [-0.3, -0.25) is 9.48 Å². The Labute approximate surface area is 139 Å². The first kappa shape index (κ1) is 15.4. The van der Waals surface area contributed by atoms with Gasteiger partial charge in [-0.25, -0.2) is 4.98 Å². The summed E-state index contributed by atoms with van der Waals surface area (Å²) in [7, 11) is 0. The van der Waals surface area contributed by atoms with Gasteiger partial charge in [-0.15, -0.1) is 11.3 Å². The second-order valence-electron chi connectivity index (χ2n) is 5.50. The number of hydrogen-bond donors (Lipinski definition) is 1. The maximum atomic E-state index is 12.1. The number of carbonyl (C=O) groups is 1. The minimum Gasteiger partial charge on any atom is -0.346 e. The Balaban J connectivity index is 1.62. The molecule has 0 aliphatic carbocycles. The first-order valence-corrected chi connectivity index (χ1v) is 8.33.